The van der Waals surface area contributed by atoms with Crippen molar-refractivity contribution in [3.05, 3.63) is 50.6 Å². The number of hydrogen-bond acceptors (Lipinski definition) is 4. The number of halogens is 2. The summed E-state index contributed by atoms with van der Waals surface area (Å²) in [7, 11) is 1.54. The number of aryl methyl sites for hydroxylation is 1. The number of aliphatic hydroxyl groups excluding tert-OH is 1. The van der Waals surface area contributed by atoms with Crippen LogP contribution < -0.4 is 11.0 Å². The molecule has 0 saturated heterocycles. The van der Waals surface area contributed by atoms with Crippen LogP contribution in [0.15, 0.2) is 29.3 Å². The van der Waals surface area contributed by atoms with E-state index in [1.165, 1.54) is 17.9 Å². The molecule has 0 aliphatic rings. The van der Waals surface area contributed by atoms with Gasteiger partial charge in [-0.15, -0.1) is 0 Å². The molecule has 1 heterocycles. The summed E-state index contributed by atoms with van der Waals surface area (Å²) in [5, 5.41) is 17.1. The molecule has 7 nitrogen and oxygen atoms in total. The van der Waals surface area contributed by atoms with Crippen molar-refractivity contribution in [2.45, 2.75) is 12.6 Å². The molecular weight excluding hydrogens is 331 g/mol. The summed E-state index contributed by atoms with van der Waals surface area (Å²) in [6.45, 7) is -0.250. The highest BCUT2D eigenvalue weighted by Crippen LogP contribution is 2.23. The number of nitrogens with one attached hydrogen (secondary N) is 1. The molecule has 118 valence electrons. The van der Waals surface area contributed by atoms with Crippen LogP contribution in [0.1, 0.15) is 11.7 Å². The highest BCUT2D eigenvalue weighted by molar-refractivity contribution is 6.34. The molecule has 0 spiro atoms. The van der Waals surface area contributed by atoms with E-state index in [1.807, 2.05) is 0 Å². The summed E-state index contributed by atoms with van der Waals surface area (Å²) in [5.41, 5.74) is 0.102. The Hall–Kier alpha value is -1.83. The predicted octanol–water partition coefficient (Wildman–Crippen LogP) is 0.738. The van der Waals surface area contributed by atoms with Crippen LogP contribution in [-0.2, 0) is 18.4 Å². The third kappa shape index (κ3) is 4.09. The normalized spacial score (nSPS) is 12.2. The lowest BCUT2D eigenvalue weighted by molar-refractivity contribution is -0.122. The van der Waals surface area contributed by atoms with Gasteiger partial charge in [-0.2, -0.15) is 5.10 Å². The molecule has 0 saturated carbocycles. The molecule has 1 atom stereocenters. The quantitative estimate of drug-likeness (QED) is 0.837. The average Bonchev–Trinajstić information content (AvgIpc) is 2.75. The Morgan fingerprint density at radius 3 is 2.55 bits per heavy atom. The molecule has 0 radical (unpaired) electrons. The highest BCUT2D eigenvalue weighted by Gasteiger charge is 2.13. The first-order valence-corrected chi connectivity index (χ1v) is 7.11. The Labute approximate surface area is 136 Å². The molecule has 9 heteroatoms. The largest absolute Gasteiger partial charge is 0.387 e. The molecule has 22 heavy (non-hydrogen) atoms. The minimum Gasteiger partial charge on any atom is -0.387 e. The fraction of sp³-hybridized carbons (Fsp3) is 0.308. The molecule has 1 amide bonds. The molecule has 1 unspecified atom stereocenters. The second kappa shape index (κ2) is 6.95. The first kappa shape index (κ1) is 16.5. The Morgan fingerprint density at radius 2 is 2.00 bits per heavy atom. The van der Waals surface area contributed by atoms with Crippen LogP contribution in [0.3, 0.4) is 0 Å². The number of carbonyl (C=O) groups is 1. The Balaban J connectivity index is 1.93. The van der Waals surface area contributed by atoms with Crippen LogP contribution in [0.25, 0.3) is 0 Å². The number of carbonyl (C=O) groups excluding carboxylic acids is 1. The molecule has 2 rings (SSSR count). The number of amides is 1. The summed E-state index contributed by atoms with van der Waals surface area (Å²) in [6.07, 6.45) is 0.360. The van der Waals surface area contributed by atoms with Gasteiger partial charge in [0, 0.05) is 23.6 Å². The molecule has 1 aromatic carbocycles. The predicted molar refractivity (Wildman–Crippen MR) is 81.9 cm³/mol. The molecule has 2 N–H and O–H groups in total. The van der Waals surface area contributed by atoms with E-state index in [0.717, 1.165) is 4.68 Å². The number of hydrogen-bond donors (Lipinski definition) is 2. The maximum absolute atomic E-state index is 11.8. The standard InChI is InChI=1S/C13H14Cl2N4O3/c1-18-7-17-19(13(18)22)6-12(21)16-5-11(20)8-2-9(14)4-10(15)3-8/h2-4,7,11,20H,5-6H2,1H3,(H,16,21). The first-order chi connectivity index (χ1) is 10.4. The molecule has 2 aromatic rings. The van der Waals surface area contributed by atoms with E-state index in [9.17, 15) is 14.7 Å². The molecule has 0 bridgehead atoms. The lowest BCUT2D eigenvalue weighted by atomic mass is 10.1. The smallest absolute Gasteiger partial charge is 0.345 e. The van der Waals surface area contributed by atoms with E-state index in [1.54, 1.807) is 18.2 Å². The first-order valence-electron chi connectivity index (χ1n) is 6.36. The van der Waals surface area contributed by atoms with E-state index >= 15 is 0 Å². The summed E-state index contributed by atoms with van der Waals surface area (Å²) in [6, 6.07) is 4.67. The Bertz CT molecular complexity index is 721. The van der Waals surface area contributed by atoms with Crippen LogP contribution >= 0.6 is 23.2 Å². The van der Waals surface area contributed by atoms with E-state index < -0.39 is 17.7 Å². The van der Waals surface area contributed by atoms with Crippen LogP contribution in [0.5, 0.6) is 0 Å². The number of benzene rings is 1. The van der Waals surface area contributed by atoms with Gasteiger partial charge in [-0.25, -0.2) is 9.48 Å². The average molecular weight is 345 g/mol. The lowest BCUT2D eigenvalue weighted by Crippen LogP contribution is -2.35. The monoisotopic (exact) mass is 344 g/mol. The zero-order valence-electron chi connectivity index (χ0n) is 11.7. The second-order valence-corrected chi connectivity index (χ2v) is 5.58. The Morgan fingerprint density at radius 1 is 1.36 bits per heavy atom. The van der Waals surface area contributed by atoms with Gasteiger partial charge >= 0.3 is 5.69 Å². The van der Waals surface area contributed by atoms with Crippen molar-refractivity contribution in [2.75, 3.05) is 6.54 Å². The van der Waals surface area contributed by atoms with Crippen molar-refractivity contribution >= 4 is 29.1 Å². The Kier molecular flexibility index (Phi) is 5.23. The molecule has 0 aliphatic carbocycles. The summed E-state index contributed by atoms with van der Waals surface area (Å²) < 4.78 is 2.29. The second-order valence-electron chi connectivity index (χ2n) is 4.70. The van der Waals surface area contributed by atoms with Crippen molar-refractivity contribution in [1.82, 2.24) is 19.7 Å². The van der Waals surface area contributed by atoms with Crippen LogP contribution in [0, 0.1) is 0 Å². The van der Waals surface area contributed by atoms with Crippen molar-refractivity contribution in [1.29, 1.82) is 0 Å². The number of nitrogens with zero attached hydrogens (tertiary/aromatic N) is 3. The van der Waals surface area contributed by atoms with Crippen LogP contribution in [-0.4, -0.2) is 31.9 Å². The molecule has 1 aromatic heterocycles. The van der Waals surface area contributed by atoms with E-state index in [4.69, 9.17) is 23.2 Å². The van der Waals surface area contributed by atoms with Gasteiger partial charge in [0.1, 0.15) is 12.9 Å². The van der Waals surface area contributed by atoms with Gasteiger partial charge in [0.05, 0.1) is 6.10 Å². The minimum atomic E-state index is -0.958. The number of aliphatic hydroxyl groups is 1. The van der Waals surface area contributed by atoms with Gasteiger partial charge in [-0.1, -0.05) is 23.2 Å². The van der Waals surface area contributed by atoms with Crippen LogP contribution in [0.2, 0.25) is 10.0 Å². The maximum atomic E-state index is 11.8. The fourth-order valence-electron chi connectivity index (χ4n) is 1.82. The maximum Gasteiger partial charge on any atom is 0.345 e. The third-order valence-corrected chi connectivity index (χ3v) is 3.38. The van der Waals surface area contributed by atoms with Gasteiger partial charge in [-0.05, 0) is 23.8 Å². The van der Waals surface area contributed by atoms with Gasteiger partial charge in [-0.3, -0.25) is 9.36 Å². The molecule has 0 aliphatic heterocycles. The van der Waals surface area contributed by atoms with E-state index in [2.05, 4.69) is 10.4 Å². The zero-order valence-corrected chi connectivity index (χ0v) is 13.2. The fourth-order valence-corrected chi connectivity index (χ4v) is 2.36. The highest BCUT2D eigenvalue weighted by atomic mass is 35.5. The number of rotatable bonds is 5. The summed E-state index contributed by atoms with van der Waals surface area (Å²) in [5.74, 6) is -0.437. The third-order valence-electron chi connectivity index (χ3n) is 2.94. The van der Waals surface area contributed by atoms with Crippen LogP contribution in [0.4, 0.5) is 0 Å². The minimum absolute atomic E-state index is 0.0307. The summed E-state index contributed by atoms with van der Waals surface area (Å²) >= 11 is 11.7. The van der Waals surface area contributed by atoms with E-state index in [-0.39, 0.29) is 13.1 Å². The zero-order chi connectivity index (χ0) is 16.3. The lowest BCUT2D eigenvalue weighted by Gasteiger charge is -2.13. The number of aromatic nitrogens is 3. The van der Waals surface area contributed by atoms with E-state index in [0.29, 0.717) is 15.6 Å². The molecular formula is C13H14Cl2N4O3. The topological polar surface area (TPSA) is 89.2 Å². The molecule has 0 fully saturated rings. The van der Waals surface area contributed by atoms with Gasteiger partial charge in [0.2, 0.25) is 5.91 Å². The van der Waals surface area contributed by atoms with Crippen molar-refractivity contribution in [3.8, 4) is 0 Å². The van der Waals surface area contributed by atoms with Gasteiger partial charge < -0.3 is 10.4 Å². The van der Waals surface area contributed by atoms with Crippen molar-refractivity contribution in [2.24, 2.45) is 7.05 Å². The van der Waals surface area contributed by atoms with Gasteiger partial charge in [0.15, 0.2) is 0 Å². The SMILES string of the molecule is Cn1cnn(CC(=O)NCC(O)c2cc(Cl)cc(Cl)c2)c1=O. The van der Waals surface area contributed by atoms with Gasteiger partial charge in [0.25, 0.3) is 0 Å². The van der Waals surface area contributed by atoms with Crippen molar-refractivity contribution in [3.63, 3.8) is 0 Å². The summed E-state index contributed by atoms with van der Waals surface area (Å²) in [4.78, 5) is 23.3. The van der Waals surface area contributed by atoms with Crippen molar-refractivity contribution < 1.29 is 9.90 Å².